The number of Topliss-reactive ketones (excluding diaryl/α,β-unsaturated/α-hetero) is 1. The summed E-state index contributed by atoms with van der Waals surface area (Å²) in [7, 11) is 1.64. The number of methoxy groups -OCH3 is 1. The van der Waals surface area contributed by atoms with E-state index in [-0.39, 0.29) is 12.6 Å². The smallest absolute Gasteiger partial charge is 0.188 e. The van der Waals surface area contributed by atoms with Gasteiger partial charge >= 0.3 is 0 Å². The van der Waals surface area contributed by atoms with Gasteiger partial charge in [0.15, 0.2) is 12.6 Å². The zero-order valence-corrected chi connectivity index (χ0v) is 18.3. The van der Waals surface area contributed by atoms with E-state index in [1.807, 2.05) is 18.2 Å². The van der Waals surface area contributed by atoms with Gasteiger partial charge in [0.1, 0.15) is 5.75 Å². The molecule has 0 radical (unpaired) electrons. The fraction of sp³-hybridized carbons (Fsp3) is 0.375. The number of ether oxygens (including phenoxy) is 2. The Balaban J connectivity index is 2.31. The summed E-state index contributed by atoms with van der Waals surface area (Å²) in [5.74, 6) is 1.68. The molecule has 0 amide bonds. The van der Waals surface area contributed by atoms with Gasteiger partial charge in [0.25, 0.3) is 0 Å². The molecule has 0 saturated carbocycles. The van der Waals surface area contributed by atoms with Crippen LogP contribution in [0, 0.1) is 0 Å². The number of carbonyl (C=O) groups is 1. The zero-order chi connectivity index (χ0) is 20.4. The second kappa shape index (κ2) is 8.46. The normalized spacial score (nSPS) is 11.6. The summed E-state index contributed by atoms with van der Waals surface area (Å²) in [6, 6.07) is 10.4. The minimum Gasteiger partial charge on any atom is -0.467 e. The van der Waals surface area contributed by atoms with Crippen LogP contribution in [0.5, 0.6) is 5.75 Å². The summed E-state index contributed by atoms with van der Waals surface area (Å²) in [6.45, 7) is 10.6. The van der Waals surface area contributed by atoms with E-state index < -0.39 is 0 Å². The van der Waals surface area contributed by atoms with Crippen molar-refractivity contribution >= 4 is 27.2 Å². The lowest BCUT2D eigenvalue weighted by atomic mass is 9.89. The second-order valence-corrected chi connectivity index (χ2v) is 8.67. The SMILES string of the molecule is COCOc1c(-c2csc3ccc(C(C)=O)cc23)cc(C(C)C)cc1C(C)C. The molecule has 3 nitrogen and oxygen atoms in total. The molecule has 0 aliphatic heterocycles. The first kappa shape index (κ1) is 20.6. The van der Waals surface area contributed by atoms with E-state index in [1.54, 1.807) is 25.4 Å². The molecule has 28 heavy (non-hydrogen) atoms. The molecule has 0 atom stereocenters. The lowest BCUT2D eigenvalue weighted by Gasteiger charge is -2.21. The number of hydrogen-bond acceptors (Lipinski definition) is 4. The van der Waals surface area contributed by atoms with Gasteiger partial charge in [-0.2, -0.15) is 0 Å². The van der Waals surface area contributed by atoms with Gasteiger partial charge in [-0.25, -0.2) is 0 Å². The highest BCUT2D eigenvalue weighted by molar-refractivity contribution is 7.17. The minimum absolute atomic E-state index is 0.0775. The van der Waals surface area contributed by atoms with Gasteiger partial charge < -0.3 is 9.47 Å². The zero-order valence-electron chi connectivity index (χ0n) is 17.5. The molecular weight excluding hydrogens is 368 g/mol. The lowest BCUT2D eigenvalue weighted by molar-refractivity contribution is 0.0507. The second-order valence-electron chi connectivity index (χ2n) is 7.76. The highest BCUT2D eigenvalue weighted by atomic mass is 32.1. The van der Waals surface area contributed by atoms with E-state index in [2.05, 4.69) is 45.2 Å². The predicted octanol–water partition coefficient (Wildman–Crippen LogP) is 7.00. The molecule has 0 aliphatic carbocycles. The van der Waals surface area contributed by atoms with Crippen molar-refractivity contribution in [1.29, 1.82) is 0 Å². The van der Waals surface area contributed by atoms with Crippen LogP contribution in [-0.2, 0) is 4.74 Å². The number of benzene rings is 2. The Hall–Kier alpha value is -2.17. The molecule has 0 unspecified atom stereocenters. The maximum Gasteiger partial charge on any atom is 0.188 e. The molecule has 2 aromatic carbocycles. The van der Waals surface area contributed by atoms with Crippen molar-refractivity contribution < 1.29 is 14.3 Å². The molecular formula is C24H28O3S. The van der Waals surface area contributed by atoms with Crippen LogP contribution in [-0.4, -0.2) is 19.7 Å². The molecule has 3 aromatic rings. The minimum atomic E-state index is 0.0775. The van der Waals surface area contributed by atoms with Crippen molar-refractivity contribution in [1.82, 2.24) is 0 Å². The summed E-state index contributed by atoms with van der Waals surface area (Å²) in [4.78, 5) is 11.9. The van der Waals surface area contributed by atoms with Crippen LogP contribution in [0.4, 0.5) is 0 Å². The van der Waals surface area contributed by atoms with Gasteiger partial charge in [-0.05, 0) is 59.5 Å². The van der Waals surface area contributed by atoms with Crippen molar-refractivity contribution in [3.63, 3.8) is 0 Å². The molecule has 1 aromatic heterocycles. The molecule has 1 heterocycles. The summed E-state index contributed by atoms with van der Waals surface area (Å²) in [6.07, 6.45) is 0. The van der Waals surface area contributed by atoms with Crippen molar-refractivity contribution in [3.8, 4) is 16.9 Å². The van der Waals surface area contributed by atoms with Crippen molar-refractivity contribution in [2.24, 2.45) is 0 Å². The van der Waals surface area contributed by atoms with E-state index >= 15 is 0 Å². The molecule has 0 fully saturated rings. The topological polar surface area (TPSA) is 35.5 Å². The van der Waals surface area contributed by atoms with E-state index in [4.69, 9.17) is 9.47 Å². The van der Waals surface area contributed by atoms with Crippen molar-refractivity contribution in [2.75, 3.05) is 13.9 Å². The fourth-order valence-corrected chi connectivity index (χ4v) is 4.31. The van der Waals surface area contributed by atoms with Crippen LogP contribution in [0.2, 0.25) is 0 Å². The first-order valence-electron chi connectivity index (χ1n) is 9.65. The van der Waals surface area contributed by atoms with E-state index in [1.165, 1.54) is 15.8 Å². The highest BCUT2D eigenvalue weighted by Gasteiger charge is 2.20. The van der Waals surface area contributed by atoms with Crippen LogP contribution < -0.4 is 4.74 Å². The summed E-state index contributed by atoms with van der Waals surface area (Å²) >= 11 is 1.69. The van der Waals surface area contributed by atoms with Crippen LogP contribution in [0.15, 0.2) is 35.7 Å². The Morgan fingerprint density at radius 1 is 1.04 bits per heavy atom. The van der Waals surface area contributed by atoms with Crippen molar-refractivity contribution in [2.45, 2.75) is 46.5 Å². The third kappa shape index (κ3) is 3.98. The van der Waals surface area contributed by atoms with Gasteiger partial charge in [0, 0.05) is 33.9 Å². The van der Waals surface area contributed by atoms with Crippen LogP contribution in [0.1, 0.15) is 67.9 Å². The number of hydrogen-bond donors (Lipinski definition) is 0. The predicted molar refractivity (Wildman–Crippen MR) is 118 cm³/mol. The Bertz CT molecular complexity index is 998. The molecule has 4 heteroatoms. The van der Waals surface area contributed by atoms with E-state index in [0.29, 0.717) is 11.8 Å². The third-order valence-electron chi connectivity index (χ3n) is 5.02. The lowest BCUT2D eigenvalue weighted by Crippen LogP contribution is -2.06. The fourth-order valence-electron chi connectivity index (χ4n) is 3.37. The Kier molecular flexibility index (Phi) is 6.21. The molecule has 148 valence electrons. The number of thiophene rings is 1. The third-order valence-corrected chi connectivity index (χ3v) is 5.98. The summed E-state index contributed by atoms with van der Waals surface area (Å²) in [5, 5.41) is 3.26. The molecule has 3 rings (SSSR count). The molecule has 0 spiro atoms. The summed E-state index contributed by atoms with van der Waals surface area (Å²) in [5.41, 5.74) is 5.37. The van der Waals surface area contributed by atoms with Crippen LogP contribution >= 0.6 is 11.3 Å². The number of fused-ring (bicyclic) bond motifs is 1. The average molecular weight is 397 g/mol. The Morgan fingerprint density at radius 3 is 2.39 bits per heavy atom. The van der Waals surface area contributed by atoms with Gasteiger partial charge in [0.05, 0.1) is 0 Å². The quantitative estimate of drug-likeness (QED) is 0.318. The largest absolute Gasteiger partial charge is 0.467 e. The van der Waals surface area contributed by atoms with Crippen LogP contribution in [0.25, 0.3) is 21.2 Å². The molecule has 0 saturated heterocycles. The molecule has 0 aliphatic rings. The van der Waals surface area contributed by atoms with E-state index in [0.717, 1.165) is 27.8 Å². The van der Waals surface area contributed by atoms with E-state index in [9.17, 15) is 4.79 Å². The monoisotopic (exact) mass is 396 g/mol. The first-order chi connectivity index (χ1) is 13.3. The first-order valence-corrected chi connectivity index (χ1v) is 10.5. The standard InChI is InChI=1S/C24H28O3S/c1-14(2)18-10-19(15(3)4)24(27-13-26-6)21(11-18)22-12-28-23-8-7-17(16(5)25)9-20(22)23/h7-12,14-15H,13H2,1-6H3. The van der Waals surface area contributed by atoms with Gasteiger partial charge in [-0.3, -0.25) is 4.79 Å². The Labute approximate surface area is 171 Å². The molecule has 0 bridgehead atoms. The number of carbonyl (C=O) groups excluding carboxylic acids is 1. The van der Waals surface area contributed by atoms with Gasteiger partial charge in [-0.15, -0.1) is 11.3 Å². The summed E-state index contributed by atoms with van der Waals surface area (Å²) < 4.78 is 12.4. The maximum atomic E-state index is 11.9. The van der Waals surface area contributed by atoms with Gasteiger partial charge in [-0.1, -0.05) is 33.8 Å². The molecule has 0 N–H and O–H groups in total. The number of rotatable bonds is 7. The average Bonchev–Trinajstić information content (AvgIpc) is 3.08. The highest BCUT2D eigenvalue weighted by Crippen LogP contribution is 2.44. The number of ketones is 1. The Morgan fingerprint density at radius 2 is 1.79 bits per heavy atom. The van der Waals surface area contributed by atoms with Gasteiger partial charge in [0.2, 0.25) is 0 Å². The van der Waals surface area contributed by atoms with Crippen LogP contribution in [0.3, 0.4) is 0 Å². The van der Waals surface area contributed by atoms with Crippen molar-refractivity contribution in [3.05, 3.63) is 52.4 Å². The maximum absolute atomic E-state index is 11.9.